The van der Waals surface area contributed by atoms with Crippen molar-refractivity contribution in [1.29, 1.82) is 0 Å². The van der Waals surface area contributed by atoms with Crippen LogP contribution in [0.25, 0.3) is 86.2 Å². The Hall–Kier alpha value is -4.86. The molecule has 3 aromatic heterocycles. The number of aromatic nitrogens is 1. The Kier molecular flexibility index (Phi) is 4.44. The number of aryl methyl sites for hydroxylation is 1. The molecule has 0 aliphatic rings. The molecule has 3 heterocycles. The summed E-state index contributed by atoms with van der Waals surface area (Å²) in [5, 5.41) is 7.51. The van der Waals surface area contributed by atoms with Gasteiger partial charge in [0.1, 0.15) is 11.2 Å². The topological polar surface area (TPSA) is 18.1 Å². The van der Waals surface area contributed by atoms with Gasteiger partial charge in [0.25, 0.3) is 0 Å². The molecule has 188 valence electrons. The highest BCUT2D eigenvalue weighted by Crippen LogP contribution is 2.42. The van der Waals surface area contributed by atoms with Crippen LogP contribution in [0.4, 0.5) is 0 Å². The molecule has 0 saturated heterocycles. The van der Waals surface area contributed by atoms with Crippen LogP contribution >= 0.6 is 11.3 Å². The summed E-state index contributed by atoms with van der Waals surface area (Å²) < 4.78 is 11.4. The molecule has 0 saturated carbocycles. The maximum absolute atomic E-state index is 6.38. The van der Waals surface area contributed by atoms with Gasteiger partial charge in [-0.15, -0.1) is 11.3 Å². The molecule has 0 fully saturated rings. The quantitative estimate of drug-likeness (QED) is 0.218. The molecule has 0 radical (unpaired) electrons. The molecule has 2 nitrogen and oxygen atoms in total. The Morgan fingerprint density at radius 2 is 1.15 bits per heavy atom. The molecule has 0 bridgehead atoms. The molecule has 40 heavy (non-hydrogen) atoms. The van der Waals surface area contributed by atoms with E-state index in [-0.39, 0.29) is 0 Å². The zero-order chi connectivity index (χ0) is 26.4. The highest BCUT2D eigenvalue weighted by molar-refractivity contribution is 7.26. The highest BCUT2D eigenvalue weighted by atomic mass is 32.1. The average molecular weight is 530 g/mol. The van der Waals surface area contributed by atoms with Gasteiger partial charge in [0.2, 0.25) is 0 Å². The number of hydrogen-bond donors (Lipinski definition) is 0. The van der Waals surface area contributed by atoms with Crippen molar-refractivity contribution in [1.82, 2.24) is 4.57 Å². The van der Waals surface area contributed by atoms with Gasteiger partial charge in [-0.25, -0.2) is 0 Å². The van der Waals surface area contributed by atoms with Gasteiger partial charge in [0, 0.05) is 65.4 Å². The summed E-state index contributed by atoms with van der Waals surface area (Å²) >= 11 is 1.88. The first kappa shape index (κ1) is 22.0. The van der Waals surface area contributed by atoms with Gasteiger partial charge in [-0.05, 0) is 53.1 Å². The number of furan rings is 1. The second kappa shape index (κ2) is 8.08. The summed E-state index contributed by atoms with van der Waals surface area (Å²) in [4.78, 5) is 0. The Morgan fingerprint density at radius 1 is 0.525 bits per heavy atom. The van der Waals surface area contributed by atoms with E-state index in [4.69, 9.17) is 4.42 Å². The summed E-state index contributed by atoms with van der Waals surface area (Å²) in [5.41, 5.74) is 9.17. The molecule has 0 atom stereocenters. The zero-order valence-electron chi connectivity index (χ0n) is 21.8. The molecule has 0 N–H and O–H groups in total. The minimum Gasteiger partial charge on any atom is -0.455 e. The third-order valence-electron chi connectivity index (χ3n) is 8.44. The van der Waals surface area contributed by atoms with Crippen molar-refractivity contribution in [2.45, 2.75) is 0 Å². The Balaban J connectivity index is 1.28. The van der Waals surface area contributed by atoms with Gasteiger partial charge < -0.3 is 8.98 Å². The van der Waals surface area contributed by atoms with Crippen LogP contribution < -0.4 is 0 Å². The van der Waals surface area contributed by atoms with Crippen molar-refractivity contribution >= 4 is 75.3 Å². The first-order valence-corrected chi connectivity index (χ1v) is 14.4. The molecular formula is C37H23NOS. The standard InChI is InChI=1S/C37H23NOS/c1-38-32-18-16-22(24-10-6-12-28-26-8-2-4-14-34(26)39-36(24)28)20-30(32)31-21-23(17-19-33(31)38)25-11-7-13-29-27-9-3-5-15-35(27)40-37(25)29/h2-21H,1H3. The molecule has 6 aromatic carbocycles. The molecule has 0 amide bonds. The summed E-state index contributed by atoms with van der Waals surface area (Å²) in [7, 11) is 2.16. The molecule has 0 unspecified atom stereocenters. The van der Waals surface area contributed by atoms with E-state index in [1.807, 2.05) is 23.5 Å². The fourth-order valence-electron chi connectivity index (χ4n) is 6.50. The predicted octanol–water partition coefficient (Wildman–Crippen LogP) is 10.9. The monoisotopic (exact) mass is 529 g/mol. The van der Waals surface area contributed by atoms with E-state index >= 15 is 0 Å². The lowest BCUT2D eigenvalue weighted by molar-refractivity contribution is 0.670. The summed E-state index contributed by atoms with van der Waals surface area (Å²) in [5.74, 6) is 0. The largest absolute Gasteiger partial charge is 0.455 e. The van der Waals surface area contributed by atoms with Gasteiger partial charge in [0.15, 0.2) is 0 Å². The molecular weight excluding hydrogens is 506 g/mol. The predicted molar refractivity (Wildman–Crippen MR) is 171 cm³/mol. The van der Waals surface area contributed by atoms with Crippen LogP contribution in [-0.2, 0) is 7.05 Å². The van der Waals surface area contributed by atoms with E-state index < -0.39 is 0 Å². The van der Waals surface area contributed by atoms with Crippen LogP contribution in [0.1, 0.15) is 0 Å². The number of para-hydroxylation sites is 2. The molecule has 3 heteroatoms. The fraction of sp³-hybridized carbons (Fsp3) is 0.0270. The zero-order valence-corrected chi connectivity index (χ0v) is 22.6. The number of rotatable bonds is 2. The molecule has 0 spiro atoms. The Bertz CT molecular complexity index is 2280. The lowest BCUT2D eigenvalue weighted by atomic mass is 9.98. The van der Waals surface area contributed by atoms with Crippen molar-refractivity contribution in [3.63, 3.8) is 0 Å². The van der Waals surface area contributed by atoms with E-state index in [2.05, 4.69) is 121 Å². The van der Waals surface area contributed by atoms with E-state index in [0.29, 0.717) is 0 Å². The van der Waals surface area contributed by atoms with E-state index in [1.54, 1.807) is 0 Å². The molecule has 9 rings (SSSR count). The van der Waals surface area contributed by atoms with Crippen LogP contribution in [0.15, 0.2) is 126 Å². The van der Waals surface area contributed by atoms with Crippen molar-refractivity contribution < 1.29 is 4.42 Å². The first-order valence-electron chi connectivity index (χ1n) is 13.6. The van der Waals surface area contributed by atoms with E-state index in [9.17, 15) is 0 Å². The van der Waals surface area contributed by atoms with Crippen LogP contribution in [0.3, 0.4) is 0 Å². The number of hydrogen-bond acceptors (Lipinski definition) is 2. The van der Waals surface area contributed by atoms with Crippen molar-refractivity contribution in [3.8, 4) is 22.3 Å². The maximum Gasteiger partial charge on any atom is 0.143 e. The normalized spacial score (nSPS) is 12.1. The van der Waals surface area contributed by atoms with Crippen molar-refractivity contribution in [2.24, 2.45) is 7.05 Å². The second-order valence-corrected chi connectivity index (χ2v) is 11.6. The van der Waals surface area contributed by atoms with Gasteiger partial charge >= 0.3 is 0 Å². The lowest BCUT2D eigenvalue weighted by Gasteiger charge is -2.05. The Morgan fingerprint density at radius 3 is 1.95 bits per heavy atom. The fourth-order valence-corrected chi connectivity index (χ4v) is 7.74. The summed E-state index contributed by atoms with van der Waals surface area (Å²) in [6, 6.07) is 43.9. The van der Waals surface area contributed by atoms with Crippen LogP contribution in [-0.4, -0.2) is 4.57 Å². The first-order chi connectivity index (χ1) is 19.7. The lowest BCUT2D eigenvalue weighted by Crippen LogP contribution is -1.86. The molecule has 0 aliphatic carbocycles. The van der Waals surface area contributed by atoms with E-state index in [1.165, 1.54) is 58.7 Å². The van der Waals surface area contributed by atoms with E-state index in [0.717, 1.165) is 27.5 Å². The van der Waals surface area contributed by atoms with Gasteiger partial charge in [-0.1, -0.05) is 84.9 Å². The number of fused-ring (bicyclic) bond motifs is 9. The highest BCUT2D eigenvalue weighted by Gasteiger charge is 2.16. The molecule has 0 aliphatic heterocycles. The number of thiophene rings is 1. The Labute approximate surface area is 234 Å². The second-order valence-electron chi connectivity index (χ2n) is 10.6. The minimum atomic E-state index is 0.927. The third kappa shape index (κ3) is 2.98. The summed E-state index contributed by atoms with van der Waals surface area (Å²) in [6.07, 6.45) is 0. The minimum absolute atomic E-state index is 0.927. The molecule has 9 aromatic rings. The van der Waals surface area contributed by atoms with Gasteiger partial charge in [-0.3, -0.25) is 0 Å². The SMILES string of the molecule is Cn1c2ccc(-c3cccc4c3oc3ccccc34)cc2c2cc(-c3cccc4c3sc3ccccc34)ccc21. The summed E-state index contributed by atoms with van der Waals surface area (Å²) in [6.45, 7) is 0. The van der Waals surface area contributed by atoms with Crippen molar-refractivity contribution in [2.75, 3.05) is 0 Å². The van der Waals surface area contributed by atoms with Crippen molar-refractivity contribution in [3.05, 3.63) is 121 Å². The van der Waals surface area contributed by atoms with Crippen LogP contribution in [0.2, 0.25) is 0 Å². The van der Waals surface area contributed by atoms with Gasteiger partial charge in [0.05, 0.1) is 0 Å². The number of nitrogens with zero attached hydrogens (tertiary/aromatic N) is 1. The average Bonchev–Trinajstić information content (AvgIpc) is 3.66. The van der Waals surface area contributed by atoms with Gasteiger partial charge in [-0.2, -0.15) is 0 Å². The number of benzene rings is 6. The third-order valence-corrected chi connectivity index (χ3v) is 9.66. The maximum atomic E-state index is 6.38. The van der Waals surface area contributed by atoms with Crippen LogP contribution in [0, 0.1) is 0 Å². The van der Waals surface area contributed by atoms with Crippen LogP contribution in [0.5, 0.6) is 0 Å². The smallest absolute Gasteiger partial charge is 0.143 e.